The number of ether oxygens (including phenoxy) is 2. The van der Waals surface area contributed by atoms with Crippen LogP contribution in [-0.4, -0.2) is 26.1 Å². The molecule has 4 heteroatoms. The molecule has 1 unspecified atom stereocenters. The van der Waals surface area contributed by atoms with Crippen LogP contribution in [0.25, 0.3) is 0 Å². The molecular formula is C12H15BrO3. The molecule has 0 fully saturated rings. The minimum absolute atomic E-state index is 0.0276. The van der Waals surface area contributed by atoms with Gasteiger partial charge in [-0.3, -0.25) is 4.79 Å². The van der Waals surface area contributed by atoms with Crippen molar-refractivity contribution in [1.29, 1.82) is 0 Å². The average Bonchev–Trinajstić information content (AvgIpc) is 2.28. The maximum Gasteiger partial charge on any atom is 0.153 e. The van der Waals surface area contributed by atoms with E-state index in [2.05, 4.69) is 15.9 Å². The Hall–Kier alpha value is -0.870. The molecule has 88 valence electrons. The summed E-state index contributed by atoms with van der Waals surface area (Å²) in [7, 11) is 1.66. The Morgan fingerprint density at radius 3 is 2.88 bits per heavy atom. The van der Waals surface area contributed by atoms with Gasteiger partial charge in [-0.1, -0.05) is 15.9 Å². The normalized spacial score (nSPS) is 12.2. The van der Waals surface area contributed by atoms with Gasteiger partial charge in [0.25, 0.3) is 0 Å². The predicted molar refractivity (Wildman–Crippen MR) is 66.1 cm³/mol. The van der Waals surface area contributed by atoms with Crippen molar-refractivity contribution in [3.8, 4) is 5.75 Å². The lowest BCUT2D eigenvalue weighted by Crippen LogP contribution is -2.15. The molecule has 16 heavy (non-hydrogen) atoms. The average molecular weight is 287 g/mol. The van der Waals surface area contributed by atoms with Crippen molar-refractivity contribution in [3.05, 3.63) is 28.2 Å². The Morgan fingerprint density at radius 1 is 1.50 bits per heavy atom. The Labute approximate surface area is 104 Å². The topological polar surface area (TPSA) is 35.5 Å². The van der Waals surface area contributed by atoms with Crippen LogP contribution in [-0.2, 0) is 4.74 Å². The molecule has 0 N–H and O–H groups in total. The lowest BCUT2D eigenvalue weighted by molar-refractivity contribution is 0.111. The summed E-state index contributed by atoms with van der Waals surface area (Å²) in [4.78, 5) is 10.8. The number of methoxy groups -OCH3 is 1. The summed E-state index contributed by atoms with van der Waals surface area (Å²) in [6.45, 7) is 2.60. The Morgan fingerprint density at radius 2 is 2.25 bits per heavy atom. The molecule has 0 heterocycles. The smallest absolute Gasteiger partial charge is 0.153 e. The van der Waals surface area contributed by atoms with Gasteiger partial charge in [-0.05, 0) is 25.1 Å². The van der Waals surface area contributed by atoms with Crippen molar-refractivity contribution in [2.75, 3.05) is 13.7 Å². The fraction of sp³-hybridized carbons (Fsp3) is 0.417. The van der Waals surface area contributed by atoms with Crippen molar-refractivity contribution in [3.63, 3.8) is 0 Å². The number of hydrogen-bond acceptors (Lipinski definition) is 3. The standard InChI is InChI=1S/C12H15BrO3/c1-9(5-6-15-2)16-12-4-3-11(13)7-10(12)8-14/h3-4,7-9H,5-6H2,1-2H3. The summed E-state index contributed by atoms with van der Waals surface area (Å²) in [6.07, 6.45) is 1.62. The van der Waals surface area contributed by atoms with E-state index in [1.807, 2.05) is 13.0 Å². The van der Waals surface area contributed by atoms with Gasteiger partial charge in [-0.2, -0.15) is 0 Å². The van der Waals surface area contributed by atoms with Gasteiger partial charge >= 0.3 is 0 Å². The van der Waals surface area contributed by atoms with Crippen LogP contribution in [0.15, 0.2) is 22.7 Å². The van der Waals surface area contributed by atoms with Gasteiger partial charge in [-0.25, -0.2) is 0 Å². The molecule has 0 aromatic heterocycles. The van der Waals surface area contributed by atoms with Crippen LogP contribution >= 0.6 is 15.9 Å². The molecule has 0 aliphatic heterocycles. The second kappa shape index (κ2) is 6.66. The molecule has 0 aliphatic carbocycles. The van der Waals surface area contributed by atoms with Crippen LogP contribution < -0.4 is 4.74 Å². The number of carbonyl (C=O) groups excluding carboxylic acids is 1. The molecule has 1 aromatic rings. The first-order valence-electron chi connectivity index (χ1n) is 5.07. The Balaban J connectivity index is 2.68. The van der Waals surface area contributed by atoms with Crippen LogP contribution in [0.1, 0.15) is 23.7 Å². The van der Waals surface area contributed by atoms with E-state index in [4.69, 9.17) is 9.47 Å². The minimum atomic E-state index is 0.0276. The molecule has 0 bridgehead atoms. The van der Waals surface area contributed by atoms with E-state index in [1.54, 1.807) is 19.2 Å². The number of hydrogen-bond donors (Lipinski definition) is 0. The number of halogens is 1. The Bertz CT molecular complexity index is 352. The number of carbonyl (C=O) groups is 1. The summed E-state index contributed by atoms with van der Waals surface area (Å²) in [5.74, 6) is 0.613. The molecule has 0 spiro atoms. The van der Waals surface area contributed by atoms with Crippen LogP contribution in [0.2, 0.25) is 0 Å². The third kappa shape index (κ3) is 3.94. The zero-order chi connectivity index (χ0) is 12.0. The molecule has 3 nitrogen and oxygen atoms in total. The molecule has 0 saturated heterocycles. The zero-order valence-electron chi connectivity index (χ0n) is 9.40. The highest BCUT2D eigenvalue weighted by Crippen LogP contribution is 2.23. The predicted octanol–water partition coefficient (Wildman–Crippen LogP) is 3.07. The molecule has 0 radical (unpaired) electrons. The molecule has 0 aliphatic rings. The van der Waals surface area contributed by atoms with Gasteiger partial charge in [0.2, 0.25) is 0 Å². The minimum Gasteiger partial charge on any atom is -0.490 e. The molecular weight excluding hydrogens is 272 g/mol. The second-order valence-corrected chi connectivity index (χ2v) is 4.43. The van der Waals surface area contributed by atoms with E-state index in [9.17, 15) is 4.79 Å². The number of benzene rings is 1. The quantitative estimate of drug-likeness (QED) is 0.754. The molecule has 1 rings (SSSR count). The zero-order valence-corrected chi connectivity index (χ0v) is 11.0. The van der Waals surface area contributed by atoms with Crippen LogP contribution in [0, 0.1) is 0 Å². The summed E-state index contributed by atoms with van der Waals surface area (Å²) in [6, 6.07) is 5.38. The highest BCUT2D eigenvalue weighted by atomic mass is 79.9. The van der Waals surface area contributed by atoms with Gasteiger partial charge in [0.05, 0.1) is 11.7 Å². The van der Waals surface area contributed by atoms with E-state index in [1.165, 1.54) is 0 Å². The first-order valence-corrected chi connectivity index (χ1v) is 5.87. The van der Waals surface area contributed by atoms with Crippen molar-refractivity contribution < 1.29 is 14.3 Å². The van der Waals surface area contributed by atoms with E-state index < -0.39 is 0 Å². The van der Waals surface area contributed by atoms with E-state index in [-0.39, 0.29) is 6.10 Å². The molecule has 1 aromatic carbocycles. The van der Waals surface area contributed by atoms with Gasteiger partial charge in [0, 0.05) is 24.6 Å². The maximum atomic E-state index is 10.8. The summed E-state index contributed by atoms with van der Waals surface area (Å²) < 4.78 is 11.5. The maximum absolute atomic E-state index is 10.8. The van der Waals surface area contributed by atoms with Gasteiger partial charge in [0.1, 0.15) is 5.75 Å². The van der Waals surface area contributed by atoms with Crippen molar-refractivity contribution in [1.82, 2.24) is 0 Å². The highest BCUT2D eigenvalue weighted by Gasteiger charge is 2.08. The van der Waals surface area contributed by atoms with E-state index in [0.717, 1.165) is 17.2 Å². The van der Waals surface area contributed by atoms with Crippen LogP contribution in [0.4, 0.5) is 0 Å². The van der Waals surface area contributed by atoms with Gasteiger partial charge < -0.3 is 9.47 Å². The van der Waals surface area contributed by atoms with E-state index in [0.29, 0.717) is 17.9 Å². The number of aldehydes is 1. The SMILES string of the molecule is COCCC(C)Oc1ccc(Br)cc1C=O. The fourth-order valence-corrected chi connectivity index (χ4v) is 1.66. The molecule has 1 atom stereocenters. The van der Waals surface area contributed by atoms with Crippen LogP contribution in [0.3, 0.4) is 0 Å². The number of rotatable bonds is 6. The second-order valence-electron chi connectivity index (χ2n) is 3.51. The summed E-state index contributed by atoms with van der Waals surface area (Å²) in [5.41, 5.74) is 0.554. The monoisotopic (exact) mass is 286 g/mol. The van der Waals surface area contributed by atoms with Crippen molar-refractivity contribution in [2.45, 2.75) is 19.4 Å². The first kappa shape index (κ1) is 13.2. The lowest BCUT2D eigenvalue weighted by Gasteiger charge is -2.15. The summed E-state index contributed by atoms with van der Waals surface area (Å²) in [5, 5.41) is 0. The largest absolute Gasteiger partial charge is 0.490 e. The van der Waals surface area contributed by atoms with Crippen molar-refractivity contribution >= 4 is 22.2 Å². The third-order valence-corrected chi connectivity index (χ3v) is 2.65. The van der Waals surface area contributed by atoms with E-state index >= 15 is 0 Å². The molecule has 0 saturated carbocycles. The lowest BCUT2D eigenvalue weighted by atomic mass is 10.2. The van der Waals surface area contributed by atoms with Crippen molar-refractivity contribution in [2.24, 2.45) is 0 Å². The third-order valence-electron chi connectivity index (χ3n) is 2.16. The Kier molecular flexibility index (Phi) is 5.49. The fourth-order valence-electron chi connectivity index (χ4n) is 1.28. The van der Waals surface area contributed by atoms with Gasteiger partial charge in [0.15, 0.2) is 6.29 Å². The van der Waals surface area contributed by atoms with Crippen LogP contribution in [0.5, 0.6) is 5.75 Å². The summed E-state index contributed by atoms with van der Waals surface area (Å²) >= 11 is 3.31. The molecule has 0 amide bonds. The van der Waals surface area contributed by atoms with Gasteiger partial charge in [-0.15, -0.1) is 0 Å². The highest BCUT2D eigenvalue weighted by molar-refractivity contribution is 9.10. The first-order chi connectivity index (χ1) is 7.67.